The van der Waals surface area contributed by atoms with Crippen LogP contribution in [0.25, 0.3) is 0 Å². The van der Waals surface area contributed by atoms with E-state index in [1.54, 1.807) is 12.1 Å². The fourth-order valence-electron chi connectivity index (χ4n) is 1.81. The standard InChI is InChI=1S/C15H22N2O4/c1-10(2)16-8-7-14(19)17-13(15(20)21)9-11-3-5-12(18)6-4-11/h3-6,10,13,16,18H,7-9H2,1-2H3,(H,17,19)(H,20,21)/t13-/m1/s1. The van der Waals surface area contributed by atoms with Gasteiger partial charge in [0, 0.05) is 25.4 Å². The second-order valence-corrected chi connectivity index (χ2v) is 5.19. The molecule has 0 spiro atoms. The molecule has 0 aliphatic rings. The second-order valence-electron chi connectivity index (χ2n) is 5.19. The molecule has 1 amide bonds. The molecule has 0 fully saturated rings. The highest BCUT2D eigenvalue weighted by Gasteiger charge is 2.20. The molecule has 0 saturated heterocycles. The van der Waals surface area contributed by atoms with Crippen LogP contribution in [0.1, 0.15) is 25.8 Å². The molecule has 1 rings (SSSR count). The van der Waals surface area contributed by atoms with E-state index in [0.29, 0.717) is 6.54 Å². The Kier molecular flexibility index (Phi) is 6.68. The first-order valence-electron chi connectivity index (χ1n) is 6.92. The van der Waals surface area contributed by atoms with E-state index in [4.69, 9.17) is 0 Å². The van der Waals surface area contributed by atoms with Crippen molar-refractivity contribution >= 4 is 11.9 Å². The van der Waals surface area contributed by atoms with Gasteiger partial charge in [-0.1, -0.05) is 26.0 Å². The molecule has 0 aliphatic heterocycles. The van der Waals surface area contributed by atoms with Gasteiger partial charge >= 0.3 is 5.97 Å². The van der Waals surface area contributed by atoms with Crippen molar-refractivity contribution in [3.63, 3.8) is 0 Å². The summed E-state index contributed by atoms with van der Waals surface area (Å²) in [5.41, 5.74) is 0.737. The summed E-state index contributed by atoms with van der Waals surface area (Å²) in [5.74, 6) is -1.25. The van der Waals surface area contributed by atoms with Gasteiger partial charge in [-0.05, 0) is 17.7 Å². The summed E-state index contributed by atoms with van der Waals surface area (Å²) in [6, 6.07) is 5.56. The van der Waals surface area contributed by atoms with E-state index in [1.165, 1.54) is 12.1 Å². The van der Waals surface area contributed by atoms with Gasteiger partial charge in [-0.15, -0.1) is 0 Å². The Morgan fingerprint density at radius 1 is 1.19 bits per heavy atom. The Balaban J connectivity index is 2.51. The number of rotatable bonds is 8. The molecule has 4 N–H and O–H groups in total. The van der Waals surface area contributed by atoms with Crippen LogP contribution in [0.4, 0.5) is 0 Å². The summed E-state index contributed by atoms with van der Waals surface area (Å²) in [6.45, 7) is 4.46. The van der Waals surface area contributed by atoms with E-state index in [1.807, 2.05) is 13.8 Å². The van der Waals surface area contributed by atoms with Gasteiger partial charge in [0.1, 0.15) is 11.8 Å². The lowest BCUT2D eigenvalue weighted by Crippen LogP contribution is -2.43. The number of aliphatic carboxylic acids is 1. The van der Waals surface area contributed by atoms with Crippen LogP contribution in [0.5, 0.6) is 5.75 Å². The molecule has 0 saturated carbocycles. The number of nitrogens with one attached hydrogen (secondary N) is 2. The van der Waals surface area contributed by atoms with Crippen molar-refractivity contribution in [2.24, 2.45) is 0 Å². The number of phenols is 1. The largest absolute Gasteiger partial charge is 0.508 e. The summed E-state index contributed by atoms with van der Waals surface area (Å²) in [7, 11) is 0. The van der Waals surface area contributed by atoms with Crippen LogP contribution in [-0.2, 0) is 16.0 Å². The monoisotopic (exact) mass is 294 g/mol. The molecule has 1 atom stereocenters. The highest BCUT2D eigenvalue weighted by molar-refractivity contribution is 5.83. The minimum atomic E-state index is -1.08. The molecular formula is C15H22N2O4. The van der Waals surface area contributed by atoms with E-state index in [0.717, 1.165) is 5.56 Å². The molecule has 1 aromatic carbocycles. The quantitative estimate of drug-likeness (QED) is 0.571. The first-order valence-corrected chi connectivity index (χ1v) is 6.92. The maximum Gasteiger partial charge on any atom is 0.326 e. The van der Waals surface area contributed by atoms with Crippen LogP contribution in [0.2, 0.25) is 0 Å². The molecule has 6 nitrogen and oxygen atoms in total. The third-order valence-corrected chi connectivity index (χ3v) is 2.91. The van der Waals surface area contributed by atoms with Crippen molar-refractivity contribution in [3.8, 4) is 5.75 Å². The number of benzene rings is 1. The summed E-state index contributed by atoms with van der Waals surface area (Å²) >= 11 is 0. The Morgan fingerprint density at radius 2 is 1.81 bits per heavy atom. The molecule has 1 aromatic rings. The lowest BCUT2D eigenvalue weighted by atomic mass is 10.1. The van der Waals surface area contributed by atoms with E-state index in [2.05, 4.69) is 10.6 Å². The minimum absolute atomic E-state index is 0.120. The predicted octanol–water partition coefficient (Wildman–Crippen LogP) is 0.892. The average Bonchev–Trinajstić information content (AvgIpc) is 2.40. The number of hydrogen-bond acceptors (Lipinski definition) is 4. The van der Waals surface area contributed by atoms with Crippen molar-refractivity contribution in [1.29, 1.82) is 0 Å². The van der Waals surface area contributed by atoms with E-state index in [-0.39, 0.29) is 30.5 Å². The third kappa shape index (κ3) is 6.76. The zero-order chi connectivity index (χ0) is 15.8. The summed E-state index contributed by atoms with van der Waals surface area (Å²) < 4.78 is 0. The molecule has 0 radical (unpaired) electrons. The van der Waals surface area contributed by atoms with Gasteiger partial charge in [0.25, 0.3) is 0 Å². The highest BCUT2D eigenvalue weighted by Crippen LogP contribution is 2.11. The van der Waals surface area contributed by atoms with Crippen LogP contribution in [0.15, 0.2) is 24.3 Å². The average molecular weight is 294 g/mol. The van der Waals surface area contributed by atoms with Gasteiger partial charge < -0.3 is 20.8 Å². The van der Waals surface area contributed by atoms with Gasteiger partial charge in [0.15, 0.2) is 0 Å². The number of phenolic OH excluding ortho intramolecular Hbond substituents is 1. The van der Waals surface area contributed by atoms with Crippen molar-refractivity contribution in [3.05, 3.63) is 29.8 Å². The number of carboxylic acids is 1. The number of aromatic hydroxyl groups is 1. The van der Waals surface area contributed by atoms with Crippen LogP contribution in [0, 0.1) is 0 Å². The molecule has 0 bridgehead atoms. The number of carboxylic acid groups (broad SMARTS) is 1. The third-order valence-electron chi connectivity index (χ3n) is 2.91. The van der Waals surface area contributed by atoms with Gasteiger partial charge in [0.2, 0.25) is 5.91 Å². The molecule has 0 aliphatic carbocycles. The van der Waals surface area contributed by atoms with Crippen molar-refractivity contribution in [1.82, 2.24) is 10.6 Å². The molecule has 0 aromatic heterocycles. The van der Waals surface area contributed by atoms with Crippen LogP contribution >= 0.6 is 0 Å². The smallest absolute Gasteiger partial charge is 0.326 e. The van der Waals surface area contributed by atoms with Gasteiger partial charge in [-0.25, -0.2) is 4.79 Å². The first kappa shape index (κ1) is 17.0. The normalized spacial score (nSPS) is 12.1. The van der Waals surface area contributed by atoms with Crippen LogP contribution in [0.3, 0.4) is 0 Å². The van der Waals surface area contributed by atoms with E-state index < -0.39 is 12.0 Å². The summed E-state index contributed by atoms with van der Waals surface area (Å²) in [6.07, 6.45) is 0.413. The Morgan fingerprint density at radius 3 is 2.33 bits per heavy atom. The SMILES string of the molecule is CC(C)NCCC(=O)N[C@H](Cc1ccc(O)cc1)C(=O)O. The van der Waals surface area contributed by atoms with Crippen molar-refractivity contribution in [2.75, 3.05) is 6.54 Å². The zero-order valence-electron chi connectivity index (χ0n) is 12.3. The second kappa shape index (κ2) is 8.26. The number of hydrogen-bond donors (Lipinski definition) is 4. The fourth-order valence-corrected chi connectivity index (χ4v) is 1.81. The van der Waals surface area contributed by atoms with Gasteiger partial charge in [-0.3, -0.25) is 4.79 Å². The van der Waals surface area contributed by atoms with Crippen LogP contribution in [-0.4, -0.2) is 40.7 Å². The highest BCUT2D eigenvalue weighted by atomic mass is 16.4. The maximum atomic E-state index is 11.7. The van der Waals surface area contributed by atoms with Crippen molar-refractivity contribution < 1.29 is 19.8 Å². The van der Waals surface area contributed by atoms with Crippen molar-refractivity contribution in [2.45, 2.75) is 38.8 Å². The molecule has 116 valence electrons. The summed E-state index contributed by atoms with van der Waals surface area (Å²) in [4.78, 5) is 22.9. The molecule has 6 heteroatoms. The molecule has 0 heterocycles. The van der Waals surface area contributed by atoms with Gasteiger partial charge in [-0.2, -0.15) is 0 Å². The zero-order valence-corrected chi connectivity index (χ0v) is 12.3. The Hall–Kier alpha value is -2.08. The fraction of sp³-hybridized carbons (Fsp3) is 0.467. The Labute approximate surface area is 124 Å². The maximum absolute atomic E-state index is 11.7. The van der Waals surface area contributed by atoms with E-state index in [9.17, 15) is 19.8 Å². The minimum Gasteiger partial charge on any atom is -0.508 e. The number of carbonyl (C=O) groups excluding carboxylic acids is 1. The number of carbonyl (C=O) groups is 2. The lowest BCUT2D eigenvalue weighted by molar-refractivity contribution is -0.141. The van der Waals surface area contributed by atoms with Crippen LogP contribution < -0.4 is 10.6 Å². The first-order chi connectivity index (χ1) is 9.88. The number of amides is 1. The summed E-state index contributed by atoms with van der Waals surface area (Å²) in [5, 5.41) is 24.0. The molecule has 0 unspecified atom stereocenters. The van der Waals surface area contributed by atoms with E-state index >= 15 is 0 Å². The Bertz CT molecular complexity index is 471. The topological polar surface area (TPSA) is 98.7 Å². The predicted molar refractivity (Wildman–Crippen MR) is 79.1 cm³/mol. The molecular weight excluding hydrogens is 272 g/mol. The van der Waals surface area contributed by atoms with Gasteiger partial charge in [0.05, 0.1) is 0 Å². The molecule has 21 heavy (non-hydrogen) atoms. The lowest BCUT2D eigenvalue weighted by Gasteiger charge is -2.15.